The summed E-state index contributed by atoms with van der Waals surface area (Å²) in [6, 6.07) is 20.2. The summed E-state index contributed by atoms with van der Waals surface area (Å²) in [5.74, 6) is -1.19. The van der Waals surface area contributed by atoms with Gasteiger partial charge in [0.25, 0.3) is 0 Å². The zero-order chi connectivity index (χ0) is 35.1. The largest absolute Gasteiger partial charge is 0.493 e. The second kappa shape index (κ2) is 12.1. The normalized spacial score (nSPS) is 26.4. The topological polar surface area (TPSA) is 167 Å². The third kappa shape index (κ3) is 5.09. The first-order valence-corrected chi connectivity index (χ1v) is 19.2. The summed E-state index contributed by atoms with van der Waals surface area (Å²) >= 11 is 2.62. The van der Waals surface area contributed by atoms with Crippen LogP contribution in [-0.2, 0) is 31.0 Å². The summed E-state index contributed by atoms with van der Waals surface area (Å²) in [4.78, 5) is 56.8. The number of nitrogens with zero attached hydrogens (tertiary/aromatic N) is 2. The molecule has 3 amide bonds. The Morgan fingerprint density at radius 2 is 1.60 bits per heavy atom. The highest BCUT2D eigenvalue weighted by molar-refractivity contribution is 8.00. The predicted molar refractivity (Wildman–Crippen MR) is 187 cm³/mol. The Labute approximate surface area is 295 Å². The number of methoxy groups -OCH3 is 2. The van der Waals surface area contributed by atoms with Crippen LogP contribution in [-0.4, -0.2) is 50.2 Å². The fourth-order valence-corrected chi connectivity index (χ4v) is 12.2. The molecule has 8 rings (SSSR count). The number of sulfonamides is 1. The van der Waals surface area contributed by atoms with Crippen LogP contribution in [0.1, 0.15) is 22.8 Å². The van der Waals surface area contributed by atoms with E-state index < -0.39 is 27.8 Å². The van der Waals surface area contributed by atoms with Crippen molar-refractivity contribution in [1.29, 1.82) is 0 Å². The lowest BCUT2D eigenvalue weighted by Crippen LogP contribution is -2.43. The van der Waals surface area contributed by atoms with Crippen molar-refractivity contribution in [2.75, 3.05) is 24.4 Å². The van der Waals surface area contributed by atoms with Crippen molar-refractivity contribution in [3.8, 4) is 11.5 Å². The third-order valence-electron chi connectivity index (χ3n) is 10.5. The number of carbonyl (C=O) groups is 3. The van der Waals surface area contributed by atoms with Crippen LogP contribution in [0.5, 0.6) is 11.5 Å². The van der Waals surface area contributed by atoms with Gasteiger partial charge in [0.15, 0.2) is 11.5 Å². The van der Waals surface area contributed by atoms with Gasteiger partial charge < -0.3 is 14.8 Å². The van der Waals surface area contributed by atoms with E-state index in [1.54, 1.807) is 26.4 Å². The van der Waals surface area contributed by atoms with E-state index in [9.17, 15) is 27.6 Å². The molecule has 7 unspecified atom stereocenters. The SMILES string of the molecule is COc1ccc(C2c3sc(=O)n(CC(=O)Nc4ccc(S(N)(=O)=O)cc4)c3SC3C4CC(C5C(=O)N(c6ccccc6)C(=O)C45)C23)cc1OC. The molecule has 7 atom stereocenters. The molecule has 50 heavy (non-hydrogen) atoms. The van der Waals surface area contributed by atoms with Crippen LogP contribution in [0.2, 0.25) is 0 Å². The molecule has 3 aromatic carbocycles. The first-order valence-electron chi connectivity index (χ1n) is 16.0. The zero-order valence-corrected chi connectivity index (χ0v) is 29.3. The lowest BCUT2D eigenvalue weighted by Gasteiger charge is -2.43. The van der Waals surface area contributed by atoms with Gasteiger partial charge in [0.05, 0.1) is 41.7 Å². The van der Waals surface area contributed by atoms with Crippen LogP contribution in [0.3, 0.4) is 0 Å². The number of rotatable bonds is 8. The Kier molecular flexibility index (Phi) is 7.93. The number of aromatic nitrogens is 1. The highest BCUT2D eigenvalue weighted by Gasteiger charge is 2.69. The van der Waals surface area contributed by atoms with Crippen LogP contribution in [0.4, 0.5) is 11.4 Å². The minimum atomic E-state index is -3.90. The summed E-state index contributed by atoms with van der Waals surface area (Å²) in [6.45, 7) is -0.274. The number of primary sulfonamides is 1. The fraction of sp³-hybridized carbons (Fsp3) is 0.314. The number of thioether (sulfide) groups is 1. The highest BCUT2D eigenvalue weighted by Crippen LogP contribution is 2.69. The lowest BCUT2D eigenvalue weighted by molar-refractivity contribution is -0.123. The average molecular weight is 733 g/mol. The number of thiazole rings is 1. The number of nitrogens with one attached hydrogen (secondary N) is 1. The van der Waals surface area contributed by atoms with E-state index in [1.165, 1.54) is 45.5 Å². The van der Waals surface area contributed by atoms with Crippen LogP contribution >= 0.6 is 23.1 Å². The minimum absolute atomic E-state index is 0.0537. The Balaban J connectivity index is 1.17. The highest BCUT2D eigenvalue weighted by atomic mass is 32.2. The lowest BCUT2D eigenvalue weighted by atomic mass is 9.68. The van der Waals surface area contributed by atoms with Crippen molar-refractivity contribution in [3.63, 3.8) is 0 Å². The van der Waals surface area contributed by atoms with Crippen LogP contribution in [0.15, 0.2) is 87.5 Å². The van der Waals surface area contributed by atoms with E-state index in [2.05, 4.69) is 5.32 Å². The molecule has 2 saturated carbocycles. The molecule has 2 bridgehead atoms. The van der Waals surface area contributed by atoms with Crippen molar-refractivity contribution in [2.24, 2.45) is 34.7 Å². The Morgan fingerprint density at radius 3 is 2.26 bits per heavy atom. The first-order chi connectivity index (χ1) is 24.0. The smallest absolute Gasteiger partial charge is 0.308 e. The van der Waals surface area contributed by atoms with Gasteiger partial charge in [-0.2, -0.15) is 0 Å². The second-order valence-corrected chi connectivity index (χ2v) is 16.7. The summed E-state index contributed by atoms with van der Waals surface area (Å²) in [5.41, 5.74) is 1.82. The molecule has 3 N–H and O–H groups in total. The predicted octanol–water partition coefficient (Wildman–Crippen LogP) is 3.89. The number of benzene rings is 3. The van der Waals surface area contributed by atoms with Gasteiger partial charge in [-0.3, -0.25) is 28.6 Å². The number of nitrogens with two attached hydrogens (primary N) is 1. The summed E-state index contributed by atoms with van der Waals surface area (Å²) < 4.78 is 36.0. The summed E-state index contributed by atoms with van der Waals surface area (Å²) in [5, 5.41) is 8.51. The van der Waals surface area contributed by atoms with E-state index in [0.717, 1.165) is 28.2 Å². The van der Waals surface area contributed by atoms with Gasteiger partial charge in [-0.25, -0.2) is 13.6 Å². The van der Waals surface area contributed by atoms with Crippen molar-refractivity contribution in [1.82, 2.24) is 4.57 Å². The van der Waals surface area contributed by atoms with Crippen LogP contribution in [0, 0.1) is 29.6 Å². The van der Waals surface area contributed by atoms with Gasteiger partial charge in [0.2, 0.25) is 27.7 Å². The number of fused-ring (bicyclic) bond motifs is 9. The maximum Gasteiger partial charge on any atom is 0.308 e. The number of ether oxygens (including phenoxy) is 2. The Morgan fingerprint density at radius 1 is 0.920 bits per heavy atom. The number of carbonyl (C=O) groups excluding carboxylic acids is 3. The summed E-state index contributed by atoms with van der Waals surface area (Å²) in [6.07, 6.45) is 0.718. The Bertz CT molecular complexity index is 2220. The van der Waals surface area contributed by atoms with Gasteiger partial charge in [0, 0.05) is 21.7 Å². The molecule has 4 aliphatic rings. The van der Waals surface area contributed by atoms with Gasteiger partial charge >= 0.3 is 4.87 Å². The molecule has 0 spiro atoms. The fourth-order valence-electron chi connectivity index (χ4n) is 8.58. The van der Waals surface area contributed by atoms with Crippen molar-refractivity contribution in [3.05, 3.63) is 92.9 Å². The molecule has 12 nitrogen and oxygen atoms in total. The van der Waals surface area contributed by atoms with Gasteiger partial charge in [-0.1, -0.05) is 35.6 Å². The van der Waals surface area contributed by atoms with Crippen LogP contribution in [0.25, 0.3) is 0 Å². The second-order valence-electron chi connectivity index (χ2n) is 13.0. The van der Waals surface area contributed by atoms with E-state index in [4.69, 9.17) is 14.6 Å². The molecular formula is C35H32N4O8S3. The molecule has 3 fully saturated rings. The standard InChI is InChI=1S/C35H32N4O8S3/c1-46-23-13-8-17(14-24(23)47-2)26-27-21-15-22(29-28(21)32(41)39(33(29)42)19-6-4-3-5-7-19)30(27)48-34-31(26)49-35(43)38(34)16-25(40)37-18-9-11-20(12-10-18)50(36,44)45/h3-14,21-22,26-30H,15-16H2,1-2H3,(H,37,40)(H2,36,44,45). The minimum Gasteiger partial charge on any atom is -0.493 e. The van der Waals surface area contributed by atoms with Gasteiger partial charge in [-0.15, -0.1) is 11.8 Å². The van der Waals surface area contributed by atoms with E-state index in [1.807, 2.05) is 36.4 Å². The molecule has 1 saturated heterocycles. The van der Waals surface area contributed by atoms with E-state index in [-0.39, 0.29) is 57.0 Å². The third-order valence-corrected chi connectivity index (χ3v) is 14.2. The molecule has 2 aliphatic heterocycles. The molecule has 258 valence electrons. The monoisotopic (exact) mass is 732 g/mol. The number of hydrogen-bond donors (Lipinski definition) is 2. The molecule has 4 aromatic rings. The number of hydrogen-bond acceptors (Lipinski definition) is 10. The number of amides is 3. The Hall–Kier alpha value is -4.44. The molecule has 0 radical (unpaired) electrons. The quantitative estimate of drug-likeness (QED) is 0.256. The molecule has 1 aromatic heterocycles. The van der Waals surface area contributed by atoms with Crippen LogP contribution < -0.4 is 29.7 Å². The number of para-hydroxylation sites is 1. The van der Waals surface area contributed by atoms with E-state index >= 15 is 0 Å². The maximum absolute atomic E-state index is 14.1. The average Bonchev–Trinajstić information content (AvgIpc) is 3.82. The summed E-state index contributed by atoms with van der Waals surface area (Å²) in [7, 11) is -0.776. The maximum atomic E-state index is 14.1. The van der Waals surface area contributed by atoms with Crippen molar-refractivity contribution < 1.29 is 32.3 Å². The first kappa shape index (κ1) is 32.7. The van der Waals surface area contributed by atoms with Crippen molar-refractivity contribution in [2.45, 2.75) is 34.1 Å². The number of anilines is 2. The molecule has 3 heterocycles. The number of imide groups is 1. The molecule has 2 aliphatic carbocycles. The molecule has 15 heteroatoms. The molecular weight excluding hydrogens is 701 g/mol. The van der Waals surface area contributed by atoms with Crippen molar-refractivity contribution >= 4 is 62.2 Å². The van der Waals surface area contributed by atoms with Gasteiger partial charge in [0.1, 0.15) is 6.54 Å². The van der Waals surface area contributed by atoms with Gasteiger partial charge in [-0.05, 0) is 78.3 Å². The zero-order valence-electron chi connectivity index (χ0n) is 26.8. The van der Waals surface area contributed by atoms with E-state index in [0.29, 0.717) is 27.9 Å².